The molecule has 0 unspecified atom stereocenters. The van der Waals surface area contributed by atoms with Crippen LogP contribution in [0.25, 0.3) is 0 Å². The highest BCUT2D eigenvalue weighted by Crippen LogP contribution is 2.27. The molecule has 1 rings (SSSR count). The number of pyridine rings is 1. The molecule has 7 heteroatoms. The summed E-state index contributed by atoms with van der Waals surface area (Å²) in [5, 5.41) is 0. The molecule has 0 aliphatic rings. The number of alkyl halides is 2. The summed E-state index contributed by atoms with van der Waals surface area (Å²) in [6, 6.07) is 1.15. The van der Waals surface area contributed by atoms with Crippen LogP contribution in [0.1, 0.15) is 35.0 Å². The summed E-state index contributed by atoms with van der Waals surface area (Å²) < 4.78 is 30.4. The zero-order chi connectivity index (χ0) is 13.0. The molecule has 94 valence electrons. The summed E-state index contributed by atoms with van der Waals surface area (Å²) >= 11 is 2.97. The Morgan fingerprint density at radius 2 is 2.29 bits per heavy atom. The minimum atomic E-state index is -2.72. The summed E-state index contributed by atoms with van der Waals surface area (Å²) in [7, 11) is 0. The van der Waals surface area contributed by atoms with Gasteiger partial charge in [-0.1, -0.05) is 0 Å². The number of carbonyl (C=O) groups excluding carboxylic acids is 1. The number of esters is 1. The van der Waals surface area contributed by atoms with Crippen molar-refractivity contribution in [2.24, 2.45) is 5.73 Å². The molecule has 0 saturated carbocycles. The van der Waals surface area contributed by atoms with Crippen molar-refractivity contribution in [3.63, 3.8) is 0 Å². The highest BCUT2D eigenvalue weighted by Gasteiger charge is 2.22. The fourth-order valence-corrected chi connectivity index (χ4v) is 1.76. The van der Waals surface area contributed by atoms with E-state index < -0.39 is 12.4 Å². The number of hydrogen-bond donors (Lipinski definition) is 1. The standard InChI is InChI=1S/C10H11BrF2N2O2/c1-2-17-10(16)8-6(4-14)5(9(12)13)3-7(11)15-8/h3,9H,2,4,14H2,1H3. The Labute approximate surface area is 105 Å². The molecule has 1 heterocycles. The van der Waals surface area contributed by atoms with Gasteiger partial charge in [0.05, 0.1) is 6.61 Å². The van der Waals surface area contributed by atoms with Gasteiger partial charge in [-0.05, 0) is 28.9 Å². The SMILES string of the molecule is CCOC(=O)c1nc(Br)cc(C(F)F)c1CN. The number of nitrogens with two attached hydrogens (primary N) is 1. The van der Waals surface area contributed by atoms with Gasteiger partial charge >= 0.3 is 5.97 Å². The second kappa shape index (κ2) is 6.02. The van der Waals surface area contributed by atoms with Gasteiger partial charge in [0.15, 0.2) is 5.69 Å². The lowest BCUT2D eigenvalue weighted by Gasteiger charge is -2.12. The molecule has 17 heavy (non-hydrogen) atoms. The smallest absolute Gasteiger partial charge is 0.357 e. The topological polar surface area (TPSA) is 65.2 Å². The molecule has 0 spiro atoms. The van der Waals surface area contributed by atoms with Crippen LogP contribution in [0.3, 0.4) is 0 Å². The lowest BCUT2D eigenvalue weighted by atomic mass is 10.1. The van der Waals surface area contributed by atoms with Crippen LogP contribution in [0.5, 0.6) is 0 Å². The molecule has 0 amide bonds. The average Bonchev–Trinajstić information content (AvgIpc) is 2.28. The Bertz CT molecular complexity index is 427. The van der Waals surface area contributed by atoms with Crippen molar-refractivity contribution >= 4 is 21.9 Å². The summed E-state index contributed by atoms with van der Waals surface area (Å²) in [6.45, 7) is 1.56. The van der Waals surface area contributed by atoms with Gasteiger partial charge in [0, 0.05) is 17.7 Å². The Hall–Kier alpha value is -1.08. The number of ether oxygens (including phenoxy) is 1. The fraction of sp³-hybridized carbons (Fsp3) is 0.400. The minimum Gasteiger partial charge on any atom is -0.461 e. The monoisotopic (exact) mass is 308 g/mol. The van der Waals surface area contributed by atoms with E-state index in [9.17, 15) is 13.6 Å². The fourth-order valence-electron chi connectivity index (χ4n) is 1.34. The second-order valence-electron chi connectivity index (χ2n) is 3.09. The van der Waals surface area contributed by atoms with Crippen LogP contribution in [0.4, 0.5) is 8.78 Å². The highest BCUT2D eigenvalue weighted by atomic mass is 79.9. The van der Waals surface area contributed by atoms with Gasteiger partial charge in [0.1, 0.15) is 4.60 Å². The number of aromatic nitrogens is 1. The summed E-state index contributed by atoms with van der Waals surface area (Å²) in [5.41, 5.74) is 4.92. The van der Waals surface area contributed by atoms with Crippen LogP contribution in [0.2, 0.25) is 0 Å². The van der Waals surface area contributed by atoms with Crippen molar-refractivity contribution in [1.82, 2.24) is 4.98 Å². The molecule has 0 radical (unpaired) electrons. The van der Waals surface area contributed by atoms with Crippen molar-refractivity contribution in [1.29, 1.82) is 0 Å². The zero-order valence-electron chi connectivity index (χ0n) is 9.04. The molecule has 0 fully saturated rings. The van der Waals surface area contributed by atoms with Gasteiger partial charge in [-0.15, -0.1) is 0 Å². The predicted octanol–water partition coefficient (Wildman–Crippen LogP) is 2.42. The number of nitrogens with zero attached hydrogens (tertiary/aromatic N) is 1. The van der Waals surface area contributed by atoms with Crippen molar-refractivity contribution < 1.29 is 18.3 Å². The van der Waals surface area contributed by atoms with Gasteiger partial charge in [0.25, 0.3) is 6.43 Å². The Morgan fingerprint density at radius 1 is 1.65 bits per heavy atom. The summed E-state index contributed by atoms with van der Waals surface area (Å²) in [5.74, 6) is -0.754. The molecule has 4 nitrogen and oxygen atoms in total. The van der Waals surface area contributed by atoms with Gasteiger partial charge in [-0.3, -0.25) is 0 Å². The van der Waals surface area contributed by atoms with Crippen molar-refractivity contribution in [2.45, 2.75) is 19.9 Å². The van der Waals surface area contributed by atoms with Gasteiger partial charge in [0.2, 0.25) is 0 Å². The third-order valence-electron chi connectivity index (χ3n) is 2.04. The Morgan fingerprint density at radius 3 is 2.76 bits per heavy atom. The van der Waals surface area contributed by atoms with Crippen molar-refractivity contribution in [3.05, 3.63) is 27.5 Å². The number of carbonyl (C=O) groups is 1. The molecule has 0 aliphatic heterocycles. The first-order valence-corrected chi connectivity index (χ1v) is 5.65. The Kier molecular flexibility index (Phi) is 4.95. The van der Waals surface area contributed by atoms with Gasteiger partial charge in [-0.25, -0.2) is 18.6 Å². The van der Waals surface area contributed by atoms with Crippen LogP contribution < -0.4 is 5.73 Å². The van der Waals surface area contributed by atoms with E-state index in [-0.39, 0.29) is 34.6 Å². The molecule has 2 N–H and O–H groups in total. The normalized spacial score (nSPS) is 10.7. The van der Waals surface area contributed by atoms with Crippen LogP contribution in [-0.2, 0) is 11.3 Å². The lowest BCUT2D eigenvalue weighted by molar-refractivity contribution is 0.0517. The molecule has 0 bridgehead atoms. The van der Waals surface area contributed by atoms with E-state index in [4.69, 9.17) is 10.5 Å². The lowest BCUT2D eigenvalue weighted by Crippen LogP contribution is -2.16. The van der Waals surface area contributed by atoms with Crippen LogP contribution in [-0.4, -0.2) is 17.6 Å². The predicted molar refractivity (Wildman–Crippen MR) is 60.7 cm³/mol. The average molecular weight is 309 g/mol. The molecular weight excluding hydrogens is 298 g/mol. The van der Waals surface area contributed by atoms with E-state index >= 15 is 0 Å². The van der Waals surface area contributed by atoms with Crippen LogP contribution >= 0.6 is 15.9 Å². The molecule has 1 aromatic heterocycles. The third-order valence-corrected chi connectivity index (χ3v) is 2.44. The number of hydrogen-bond acceptors (Lipinski definition) is 4. The molecule has 0 aromatic carbocycles. The summed E-state index contributed by atoms with van der Waals surface area (Å²) in [6.07, 6.45) is -2.72. The first-order chi connectivity index (χ1) is 8.01. The number of rotatable bonds is 4. The van der Waals surface area contributed by atoms with Gasteiger partial charge in [-0.2, -0.15) is 0 Å². The maximum absolute atomic E-state index is 12.8. The maximum atomic E-state index is 12.8. The van der Waals surface area contributed by atoms with E-state index in [0.29, 0.717) is 0 Å². The van der Waals surface area contributed by atoms with E-state index in [1.807, 2.05) is 0 Å². The molecule has 0 atom stereocenters. The molecule has 1 aromatic rings. The highest BCUT2D eigenvalue weighted by molar-refractivity contribution is 9.10. The Balaban J connectivity index is 3.32. The maximum Gasteiger partial charge on any atom is 0.357 e. The third kappa shape index (κ3) is 3.19. The van der Waals surface area contributed by atoms with Crippen LogP contribution in [0, 0.1) is 0 Å². The molecule has 0 saturated heterocycles. The number of halogens is 3. The van der Waals surface area contributed by atoms with Crippen molar-refractivity contribution in [3.8, 4) is 0 Å². The van der Waals surface area contributed by atoms with E-state index in [0.717, 1.165) is 6.07 Å². The van der Waals surface area contributed by atoms with E-state index in [2.05, 4.69) is 20.9 Å². The van der Waals surface area contributed by atoms with Crippen LogP contribution in [0.15, 0.2) is 10.7 Å². The van der Waals surface area contributed by atoms with E-state index in [1.165, 1.54) is 0 Å². The quantitative estimate of drug-likeness (QED) is 0.685. The minimum absolute atomic E-state index is 0.0154. The first-order valence-electron chi connectivity index (χ1n) is 4.85. The summed E-state index contributed by atoms with van der Waals surface area (Å²) in [4.78, 5) is 15.4. The zero-order valence-corrected chi connectivity index (χ0v) is 10.6. The molecular formula is C10H11BrF2N2O2. The molecule has 0 aliphatic carbocycles. The first kappa shape index (κ1) is 14.0. The van der Waals surface area contributed by atoms with Gasteiger partial charge < -0.3 is 10.5 Å². The largest absolute Gasteiger partial charge is 0.461 e. The van der Waals surface area contributed by atoms with E-state index in [1.54, 1.807) is 6.92 Å². The van der Waals surface area contributed by atoms with Crippen molar-refractivity contribution in [2.75, 3.05) is 6.61 Å². The second-order valence-corrected chi connectivity index (χ2v) is 3.90.